The highest BCUT2D eigenvalue weighted by atomic mass is 35.5. The Morgan fingerprint density at radius 2 is 2.23 bits per heavy atom. The third-order valence-corrected chi connectivity index (χ3v) is 2.12. The first-order chi connectivity index (χ1) is 6.22. The molecule has 0 aliphatic rings. The smallest absolute Gasteiger partial charge is 0.184 e. The number of benzene rings is 1. The Kier molecular flexibility index (Phi) is 1.98. The van der Waals surface area contributed by atoms with Crippen LogP contribution in [0.15, 0.2) is 22.6 Å². The Hall–Kier alpha value is -1.06. The quantitative estimate of drug-likeness (QED) is 0.767. The minimum absolute atomic E-state index is 0.0606. The van der Waals surface area contributed by atoms with Crippen LogP contribution in [0.4, 0.5) is 4.39 Å². The number of nitrogens with two attached hydrogens (primary N) is 1. The third kappa shape index (κ3) is 1.30. The number of halogens is 2. The van der Waals surface area contributed by atoms with Gasteiger partial charge in [-0.25, -0.2) is 4.39 Å². The van der Waals surface area contributed by atoms with Crippen LogP contribution in [-0.2, 0) is 6.54 Å². The van der Waals surface area contributed by atoms with Crippen molar-refractivity contribution in [2.24, 2.45) is 5.73 Å². The van der Waals surface area contributed by atoms with E-state index < -0.39 is 5.82 Å². The normalized spacial score (nSPS) is 11.0. The number of hydrogen-bond donors (Lipinski definition) is 1. The van der Waals surface area contributed by atoms with Gasteiger partial charge in [-0.3, -0.25) is 0 Å². The van der Waals surface area contributed by atoms with Gasteiger partial charge in [0.1, 0.15) is 5.76 Å². The van der Waals surface area contributed by atoms with Gasteiger partial charge in [-0.2, -0.15) is 0 Å². The summed E-state index contributed by atoms with van der Waals surface area (Å²) >= 11 is 5.57. The van der Waals surface area contributed by atoms with E-state index in [1.807, 2.05) is 0 Å². The summed E-state index contributed by atoms with van der Waals surface area (Å²) < 4.78 is 18.4. The highest BCUT2D eigenvalue weighted by Crippen LogP contribution is 2.26. The summed E-state index contributed by atoms with van der Waals surface area (Å²) in [5.41, 5.74) is 5.53. The van der Waals surface area contributed by atoms with Gasteiger partial charge in [-0.05, 0) is 18.2 Å². The van der Waals surface area contributed by atoms with Gasteiger partial charge in [0.2, 0.25) is 0 Å². The van der Waals surface area contributed by atoms with Crippen molar-refractivity contribution >= 4 is 22.6 Å². The molecule has 68 valence electrons. The van der Waals surface area contributed by atoms with Gasteiger partial charge in [-0.1, -0.05) is 11.6 Å². The zero-order chi connectivity index (χ0) is 9.42. The molecule has 0 amide bonds. The minimum atomic E-state index is -0.529. The Balaban J connectivity index is 2.76. The van der Waals surface area contributed by atoms with Crippen LogP contribution >= 0.6 is 11.6 Å². The van der Waals surface area contributed by atoms with Crippen molar-refractivity contribution < 1.29 is 8.81 Å². The van der Waals surface area contributed by atoms with Crippen LogP contribution in [0.5, 0.6) is 0 Å². The van der Waals surface area contributed by atoms with Gasteiger partial charge in [-0.15, -0.1) is 0 Å². The van der Waals surface area contributed by atoms with E-state index in [1.165, 1.54) is 6.07 Å². The molecule has 2 nitrogen and oxygen atoms in total. The van der Waals surface area contributed by atoms with Crippen LogP contribution in [0.25, 0.3) is 11.0 Å². The fraction of sp³-hybridized carbons (Fsp3) is 0.111. The van der Waals surface area contributed by atoms with Crippen LogP contribution in [0.2, 0.25) is 5.02 Å². The molecule has 0 aliphatic heterocycles. The zero-order valence-corrected chi connectivity index (χ0v) is 7.44. The third-order valence-electron chi connectivity index (χ3n) is 1.83. The highest BCUT2D eigenvalue weighted by Gasteiger charge is 2.10. The van der Waals surface area contributed by atoms with Gasteiger partial charge < -0.3 is 10.2 Å². The molecule has 2 N–H and O–H groups in total. The molecule has 0 saturated heterocycles. The lowest BCUT2D eigenvalue weighted by Gasteiger charge is -1.92. The fourth-order valence-electron chi connectivity index (χ4n) is 1.20. The minimum Gasteiger partial charge on any atom is -0.457 e. The molecule has 1 heterocycles. The molecule has 1 aromatic heterocycles. The number of rotatable bonds is 1. The highest BCUT2D eigenvalue weighted by molar-refractivity contribution is 6.31. The zero-order valence-electron chi connectivity index (χ0n) is 6.68. The second kappa shape index (κ2) is 3.01. The summed E-state index contributed by atoms with van der Waals surface area (Å²) in [7, 11) is 0. The predicted molar refractivity (Wildman–Crippen MR) is 49.1 cm³/mol. The molecular weight excluding hydrogens is 193 g/mol. The van der Waals surface area contributed by atoms with Gasteiger partial charge in [0.15, 0.2) is 11.4 Å². The van der Waals surface area contributed by atoms with Crippen molar-refractivity contribution in [1.29, 1.82) is 0 Å². The van der Waals surface area contributed by atoms with Crippen LogP contribution in [0, 0.1) is 5.82 Å². The van der Waals surface area contributed by atoms with Gasteiger partial charge >= 0.3 is 0 Å². The van der Waals surface area contributed by atoms with Crippen molar-refractivity contribution in [3.05, 3.63) is 34.8 Å². The van der Waals surface area contributed by atoms with E-state index in [0.29, 0.717) is 11.1 Å². The molecule has 1 aromatic carbocycles. The Labute approximate surface area is 79.1 Å². The molecule has 0 aliphatic carbocycles. The summed E-state index contributed by atoms with van der Waals surface area (Å²) in [6.07, 6.45) is 0. The van der Waals surface area contributed by atoms with Crippen molar-refractivity contribution in [3.8, 4) is 0 Å². The number of furan rings is 1. The van der Waals surface area contributed by atoms with Crippen LogP contribution in [0.3, 0.4) is 0 Å². The summed E-state index contributed by atoms with van der Waals surface area (Å²) in [6, 6.07) is 4.90. The SMILES string of the molecule is NCc1cc2ccc(Cl)c(F)c2o1. The van der Waals surface area contributed by atoms with E-state index >= 15 is 0 Å². The molecule has 0 spiro atoms. The Morgan fingerprint density at radius 1 is 1.46 bits per heavy atom. The number of fused-ring (bicyclic) bond motifs is 1. The van der Waals surface area contributed by atoms with E-state index in [1.54, 1.807) is 12.1 Å². The average Bonchev–Trinajstić information content (AvgIpc) is 2.55. The second-order valence-corrected chi connectivity index (χ2v) is 3.10. The molecule has 0 atom stereocenters. The first kappa shape index (κ1) is 8.53. The Morgan fingerprint density at radius 3 is 2.92 bits per heavy atom. The summed E-state index contributed by atoms with van der Waals surface area (Å²) in [6.45, 7) is 0.256. The summed E-state index contributed by atoms with van der Waals surface area (Å²) in [5, 5.41) is 0.743. The largest absolute Gasteiger partial charge is 0.457 e. The molecule has 0 saturated carbocycles. The van der Waals surface area contributed by atoms with E-state index in [9.17, 15) is 4.39 Å². The lowest BCUT2D eigenvalue weighted by atomic mass is 10.2. The fourth-order valence-corrected chi connectivity index (χ4v) is 1.35. The van der Waals surface area contributed by atoms with Crippen LogP contribution < -0.4 is 5.73 Å². The molecule has 13 heavy (non-hydrogen) atoms. The van der Waals surface area contributed by atoms with Gasteiger partial charge in [0.05, 0.1) is 11.6 Å². The lowest BCUT2D eigenvalue weighted by molar-refractivity contribution is 0.522. The monoisotopic (exact) mass is 199 g/mol. The van der Waals surface area contributed by atoms with Crippen LogP contribution in [0.1, 0.15) is 5.76 Å². The molecule has 0 radical (unpaired) electrons. The molecule has 0 unspecified atom stereocenters. The lowest BCUT2D eigenvalue weighted by Crippen LogP contribution is -1.92. The standard InChI is InChI=1S/C9H7ClFNO/c10-7-2-1-5-3-6(4-12)13-9(5)8(7)11/h1-3H,4,12H2. The summed E-state index contributed by atoms with van der Waals surface area (Å²) in [4.78, 5) is 0. The molecular formula is C9H7ClFNO. The van der Waals surface area contributed by atoms with E-state index in [4.69, 9.17) is 21.8 Å². The topological polar surface area (TPSA) is 39.2 Å². The first-order valence-corrected chi connectivity index (χ1v) is 4.16. The maximum Gasteiger partial charge on any atom is 0.184 e. The van der Waals surface area contributed by atoms with E-state index in [0.717, 1.165) is 0 Å². The maximum absolute atomic E-state index is 13.3. The van der Waals surface area contributed by atoms with Gasteiger partial charge in [0, 0.05) is 5.39 Å². The van der Waals surface area contributed by atoms with Crippen LogP contribution in [-0.4, -0.2) is 0 Å². The molecule has 4 heteroatoms. The molecule has 2 rings (SSSR count). The average molecular weight is 200 g/mol. The number of hydrogen-bond acceptors (Lipinski definition) is 2. The van der Waals surface area contributed by atoms with Gasteiger partial charge in [0.25, 0.3) is 0 Å². The van der Waals surface area contributed by atoms with Crippen molar-refractivity contribution in [2.45, 2.75) is 6.54 Å². The second-order valence-electron chi connectivity index (χ2n) is 2.70. The first-order valence-electron chi connectivity index (χ1n) is 3.79. The van der Waals surface area contributed by atoms with E-state index in [-0.39, 0.29) is 17.2 Å². The van der Waals surface area contributed by atoms with Crippen molar-refractivity contribution in [3.63, 3.8) is 0 Å². The maximum atomic E-state index is 13.3. The molecule has 0 bridgehead atoms. The van der Waals surface area contributed by atoms with E-state index in [2.05, 4.69) is 0 Å². The Bertz CT molecular complexity index is 452. The van der Waals surface area contributed by atoms with Crippen molar-refractivity contribution in [2.75, 3.05) is 0 Å². The summed E-state index contributed by atoms with van der Waals surface area (Å²) in [5.74, 6) is 0.0232. The van der Waals surface area contributed by atoms with Crippen molar-refractivity contribution in [1.82, 2.24) is 0 Å². The predicted octanol–water partition coefficient (Wildman–Crippen LogP) is 2.68. The molecule has 2 aromatic rings. The molecule has 0 fully saturated rings.